The van der Waals surface area contributed by atoms with E-state index in [4.69, 9.17) is 9.52 Å². The van der Waals surface area contributed by atoms with E-state index in [0.29, 0.717) is 24.7 Å². The zero-order valence-corrected chi connectivity index (χ0v) is 10.6. The van der Waals surface area contributed by atoms with Crippen LogP contribution in [0, 0.1) is 0 Å². The van der Waals surface area contributed by atoms with Gasteiger partial charge < -0.3 is 9.52 Å². The second-order valence-corrected chi connectivity index (χ2v) is 4.54. The van der Waals surface area contributed by atoms with Gasteiger partial charge in [0, 0.05) is 18.7 Å². The molecule has 0 aliphatic carbocycles. The summed E-state index contributed by atoms with van der Waals surface area (Å²) in [5, 5.41) is 22.7. The van der Waals surface area contributed by atoms with Gasteiger partial charge in [-0.25, -0.2) is 4.79 Å². The highest BCUT2D eigenvalue weighted by Crippen LogP contribution is 2.19. The summed E-state index contributed by atoms with van der Waals surface area (Å²) in [6.07, 6.45) is 2.97. The summed E-state index contributed by atoms with van der Waals surface area (Å²) in [5.74, 6) is 0.144. The van der Waals surface area contributed by atoms with E-state index in [2.05, 4.69) is 31.6 Å². The molecule has 0 amide bonds. The van der Waals surface area contributed by atoms with E-state index in [-0.39, 0.29) is 5.76 Å². The molecule has 2 N–H and O–H groups in total. The number of carbonyl (C=O) groups is 1. The molecule has 0 bridgehead atoms. The number of hydrogen-bond acceptors (Lipinski definition) is 6. The minimum absolute atomic E-state index is 0.0362. The van der Waals surface area contributed by atoms with Crippen LogP contribution in [0.1, 0.15) is 28.6 Å². The van der Waals surface area contributed by atoms with Gasteiger partial charge in [-0.3, -0.25) is 4.90 Å². The van der Waals surface area contributed by atoms with Gasteiger partial charge >= 0.3 is 5.97 Å². The largest absolute Gasteiger partial charge is 0.475 e. The second-order valence-electron chi connectivity index (χ2n) is 4.54. The Morgan fingerprint density at radius 2 is 2.40 bits per heavy atom. The topological polar surface area (TPSA) is 108 Å². The van der Waals surface area contributed by atoms with Crippen molar-refractivity contribution in [3.05, 3.63) is 35.6 Å². The maximum Gasteiger partial charge on any atom is 0.371 e. The number of carboxylic acids is 1. The lowest BCUT2D eigenvalue weighted by Crippen LogP contribution is -2.29. The van der Waals surface area contributed by atoms with Crippen LogP contribution in [0.2, 0.25) is 0 Å². The standard InChI is InChI=1S/C12H13N5O3/c18-12(19)10-4-3-9(20-10)7-17-5-1-2-8(6-17)11-13-15-16-14-11/h2-4H,1,5-7H2,(H,18,19)(H,13,14,15,16). The van der Waals surface area contributed by atoms with Gasteiger partial charge in [0.15, 0.2) is 0 Å². The van der Waals surface area contributed by atoms with Gasteiger partial charge in [-0.2, -0.15) is 5.21 Å². The van der Waals surface area contributed by atoms with Gasteiger partial charge in [0.2, 0.25) is 11.6 Å². The van der Waals surface area contributed by atoms with E-state index in [9.17, 15) is 4.79 Å². The summed E-state index contributed by atoms with van der Waals surface area (Å²) in [6, 6.07) is 3.16. The Morgan fingerprint density at radius 1 is 1.50 bits per heavy atom. The highest BCUT2D eigenvalue weighted by Gasteiger charge is 2.18. The van der Waals surface area contributed by atoms with E-state index >= 15 is 0 Å². The summed E-state index contributed by atoms with van der Waals surface area (Å²) in [7, 11) is 0. The third-order valence-electron chi connectivity index (χ3n) is 3.11. The first-order valence-electron chi connectivity index (χ1n) is 6.19. The Kier molecular flexibility index (Phi) is 3.30. The number of H-pyrrole nitrogens is 1. The Bertz CT molecular complexity index is 631. The molecule has 0 saturated carbocycles. The van der Waals surface area contributed by atoms with E-state index in [1.807, 2.05) is 0 Å². The molecule has 104 valence electrons. The average molecular weight is 275 g/mol. The van der Waals surface area contributed by atoms with Crippen LogP contribution >= 0.6 is 0 Å². The number of hydrogen-bond donors (Lipinski definition) is 2. The first kappa shape index (κ1) is 12.5. The van der Waals surface area contributed by atoms with Crippen molar-refractivity contribution in [2.75, 3.05) is 13.1 Å². The van der Waals surface area contributed by atoms with Crippen molar-refractivity contribution < 1.29 is 14.3 Å². The number of furan rings is 1. The van der Waals surface area contributed by atoms with Gasteiger partial charge in [-0.15, -0.1) is 10.2 Å². The first-order valence-corrected chi connectivity index (χ1v) is 6.19. The van der Waals surface area contributed by atoms with Crippen LogP contribution in [0.3, 0.4) is 0 Å². The number of carboxylic acid groups (broad SMARTS) is 1. The Labute approximate surface area is 114 Å². The van der Waals surface area contributed by atoms with E-state index < -0.39 is 5.97 Å². The van der Waals surface area contributed by atoms with Gasteiger partial charge in [-0.05, 0) is 23.8 Å². The molecule has 1 aliphatic rings. The van der Waals surface area contributed by atoms with Crippen LogP contribution < -0.4 is 0 Å². The van der Waals surface area contributed by atoms with Crippen molar-refractivity contribution >= 4 is 11.5 Å². The van der Waals surface area contributed by atoms with Crippen molar-refractivity contribution in [3.63, 3.8) is 0 Å². The fraction of sp³-hybridized carbons (Fsp3) is 0.333. The molecule has 1 aliphatic heterocycles. The first-order chi connectivity index (χ1) is 9.72. The number of nitrogens with one attached hydrogen (secondary N) is 1. The lowest BCUT2D eigenvalue weighted by atomic mass is 10.1. The third kappa shape index (κ3) is 2.59. The fourth-order valence-electron chi connectivity index (χ4n) is 2.20. The minimum Gasteiger partial charge on any atom is -0.475 e. The molecule has 3 rings (SSSR count). The van der Waals surface area contributed by atoms with Crippen LogP contribution in [-0.4, -0.2) is 49.7 Å². The molecule has 20 heavy (non-hydrogen) atoms. The Balaban J connectivity index is 1.67. The summed E-state index contributed by atoms with van der Waals surface area (Å²) >= 11 is 0. The quantitative estimate of drug-likeness (QED) is 0.848. The maximum absolute atomic E-state index is 10.8. The molecule has 0 spiro atoms. The number of aromatic amines is 1. The lowest BCUT2D eigenvalue weighted by Gasteiger charge is -2.24. The van der Waals surface area contributed by atoms with Gasteiger partial charge in [-0.1, -0.05) is 6.08 Å². The molecule has 8 nitrogen and oxygen atoms in total. The lowest BCUT2D eigenvalue weighted by molar-refractivity contribution is 0.0658. The fourth-order valence-corrected chi connectivity index (χ4v) is 2.20. The van der Waals surface area contributed by atoms with E-state index in [1.165, 1.54) is 6.07 Å². The van der Waals surface area contributed by atoms with Gasteiger partial charge in [0.05, 0.1) is 6.54 Å². The summed E-state index contributed by atoms with van der Waals surface area (Å²) in [5.41, 5.74) is 1.01. The summed E-state index contributed by atoms with van der Waals surface area (Å²) in [6.45, 7) is 2.12. The molecule has 2 aromatic rings. The second kappa shape index (κ2) is 5.25. The van der Waals surface area contributed by atoms with Crippen molar-refractivity contribution in [1.82, 2.24) is 25.5 Å². The van der Waals surface area contributed by atoms with Crippen molar-refractivity contribution in [2.24, 2.45) is 0 Å². The summed E-state index contributed by atoms with van der Waals surface area (Å²) < 4.78 is 5.26. The van der Waals surface area contributed by atoms with Crippen molar-refractivity contribution in [3.8, 4) is 0 Å². The van der Waals surface area contributed by atoms with Crippen LogP contribution in [0.5, 0.6) is 0 Å². The highest BCUT2D eigenvalue weighted by molar-refractivity contribution is 5.84. The van der Waals surface area contributed by atoms with Crippen LogP contribution in [0.4, 0.5) is 0 Å². The molecular weight excluding hydrogens is 262 g/mol. The molecule has 2 aromatic heterocycles. The SMILES string of the molecule is O=C(O)c1ccc(CN2CCC=C(c3nn[nH]n3)C2)o1. The predicted octanol–water partition coefficient (Wildman–Crippen LogP) is 0.780. The Morgan fingerprint density at radius 3 is 3.10 bits per heavy atom. The third-order valence-corrected chi connectivity index (χ3v) is 3.11. The van der Waals surface area contributed by atoms with Crippen molar-refractivity contribution in [2.45, 2.75) is 13.0 Å². The predicted molar refractivity (Wildman–Crippen MR) is 67.7 cm³/mol. The molecule has 3 heterocycles. The summed E-state index contributed by atoms with van der Waals surface area (Å²) in [4.78, 5) is 12.9. The molecule has 0 saturated heterocycles. The van der Waals surface area contributed by atoms with Crippen LogP contribution in [0.15, 0.2) is 22.6 Å². The minimum atomic E-state index is -1.05. The van der Waals surface area contributed by atoms with Gasteiger partial charge in [0.1, 0.15) is 5.76 Å². The molecule has 8 heteroatoms. The highest BCUT2D eigenvalue weighted by atomic mass is 16.4. The molecule has 0 unspecified atom stereocenters. The number of tetrazole rings is 1. The average Bonchev–Trinajstić information content (AvgIpc) is 3.10. The van der Waals surface area contributed by atoms with E-state index in [0.717, 1.165) is 18.5 Å². The number of rotatable bonds is 4. The molecule has 0 atom stereocenters. The normalized spacial score (nSPS) is 16.1. The monoisotopic (exact) mass is 275 g/mol. The number of aromatic carboxylic acids is 1. The van der Waals surface area contributed by atoms with Crippen molar-refractivity contribution in [1.29, 1.82) is 0 Å². The number of nitrogens with zero attached hydrogens (tertiary/aromatic N) is 4. The Hall–Kier alpha value is -2.48. The maximum atomic E-state index is 10.8. The molecular formula is C12H13N5O3. The van der Waals surface area contributed by atoms with Gasteiger partial charge in [0.25, 0.3) is 0 Å². The molecule has 0 fully saturated rings. The molecule has 0 aromatic carbocycles. The molecule has 0 radical (unpaired) electrons. The zero-order chi connectivity index (χ0) is 13.9. The van der Waals surface area contributed by atoms with Crippen LogP contribution in [-0.2, 0) is 6.54 Å². The zero-order valence-electron chi connectivity index (χ0n) is 10.6. The van der Waals surface area contributed by atoms with E-state index in [1.54, 1.807) is 6.07 Å². The number of aromatic nitrogens is 4. The smallest absolute Gasteiger partial charge is 0.371 e. The van der Waals surface area contributed by atoms with Crippen LogP contribution in [0.25, 0.3) is 5.57 Å².